The molecule has 0 atom stereocenters. The van der Waals surface area contributed by atoms with Gasteiger partial charge in [-0.1, -0.05) is 12.1 Å². The van der Waals surface area contributed by atoms with Gasteiger partial charge in [-0.15, -0.1) is 0 Å². The van der Waals surface area contributed by atoms with E-state index in [1.807, 2.05) is 44.3 Å². The second kappa shape index (κ2) is 4.87. The third-order valence-electron chi connectivity index (χ3n) is 2.66. The summed E-state index contributed by atoms with van der Waals surface area (Å²) in [4.78, 5) is 4.31. The SMILES string of the molecule is Cc1ccc(CNc2ccc(C)c(O)c2)nc1. The van der Waals surface area contributed by atoms with Crippen LogP contribution in [0, 0.1) is 13.8 Å². The summed E-state index contributed by atoms with van der Waals surface area (Å²) >= 11 is 0. The average Bonchev–Trinajstić information content (AvgIpc) is 2.33. The zero-order valence-electron chi connectivity index (χ0n) is 10.1. The molecular weight excluding hydrogens is 212 g/mol. The molecule has 3 nitrogen and oxygen atoms in total. The molecule has 2 N–H and O–H groups in total. The summed E-state index contributed by atoms with van der Waals surface area (Å²) in [6.07, 6.45) is 1.85. The molecule has 17 heavy (non-hydrogen) atoms. The van der Waals surface area contributed by atoms with Crippen LogP contribution in [0.3, 0.4) is 0 Å². The fourth-order valence-electron chi connectivity index (χ4n) is 1.51. The molecule has 3 heteroatoms. The first-order valence-corrected chi connectivity index (χ1v) is 5.60. The Bertz CT molecular complexity index is 506. The van der Waals surface area contributed by atoms with Crippen molar-refractivity contribution in [3.8, 4) is 5.75 Å². The van der Waals surface area contributed by atoms with Crippen molar-refractivity contribution in [1.29, 1.82) is 0 Å². The number of phenols is 1. The summed E-state index contributed by atoms with van der Waals surface area (Å²) in [7, 11) is 0. The van der Waals surface area contributed by atoms with Gasteiger partial charge in [0.25, 0.3) is 0 Å². The lowest BCUT2D eigenvalue weighted by Crippen LogP contribution is -2.01. The molecule has 88 valence electrons. The van der Waals surface area contributed by atoms with Crippen molar-refractivity contribution < 1.29 is 5.11 Å². The van der Waals surface area contributed by atoms with E-state index < -0.39 is 0 Å². The molecule has 0 saturated heterocycles. The molecule has 0 fully saturated rings. The van der Waals surface area contributed by atoms with Crippen LogP contribution in [0.25, 0.3) is 0 Å². The van der Waals surface area contributed by atoms with Gasteiger partial charge in [0.15, 0.2) is 0 Å². The minimum absolute atomic E-state index is 0.312. The standard InChI is InChI=1S/C14H16N2O/c1-10-3-5-13(15-8-10)9-16-12-6-4-11(2)14(17)7-12/h3-8,16-17H,9H2,1-2H3. The van der Waals surface area contributed by atoms with Crippen LogP contribution in [0.2, 0.25) is 0 Å². The lowest BCUT2D eigenvalue weighted by molar-refractivity contribution is 0.471. The van der Waals surface area contributed by atoms with Crippen LogP contribution in [-0.4, -0.2) is 10.1 Å². The normalized spacial score (nSPS) is 10.2. The number of nitrogens with zero attached hydrogens (tertiary/aromatic N) is 1. The van der Waals surface area contributed by atoms with Gasteiger partial charge in [0.2, 0.25) is 0 Å². The van der Waals surface area contributed by atoms with Crippen LogP contribution >= 0.6 is 0 Å². The molecule has 0 radical (unpaired) electrons. The zero-order valence-corrected chi connectivity index (χ0v) is 10.1. The van der Waals surface area contributed by atoms with Crippen LogP contribution in [0.1, 0.15) is 16.8 Å². The van der Waals surface area contributed by atoms with Crippen LogP contribution in [0.15, 0.2) is 36.5 Å². The summed E-state index contributed by atoms with van der Waals surface area (Å²) in [6, 6.07) is 9.60. The third-order valence-corrected chi connectivity index (χ3v) is 2.66. The number of phenolic OH excluding ortho intramolecular Hbond substituents is 1. The van der Waals surface area contributed by atoms with Gasteiger partial charge in [-0.05, 0) is 37.1 Å². The Kier molecular flexibility index (Phi) is 3.28. The Morgan fingerprint density at radius 1 is 1.18 bits per heavy atom. The molecule has 1 heterocycles. The second-order valence-electron chi connectivity index (χ2n) is 4.18. The van der Waals surface area contributed by atoms with E-state index in [0.717, 1.165) is 22.5 Å². The molecule has 2 aromatic rings. The Labute approximate surface area is 101 Å². The zero-order chi connectivity index (χ0) is 12.3. The summed E-state index contributed by atoms with van der Waals surface area (Å²) < 4.78 is 0. The number of benzene rings is 1. The lowest BCUT2D eigenvalue weighted by atomic mass is 10.2. The Hall–Kier alpha value is -2.03. The van der Waals surface area contributed by atoms with E-state index in [9.17, 15) is 5.11 Å². The molecule has 1 aromatic heterocycles. The molecule has 2 rings (SSSR count). The van der Waals surface area contributed by atoms with E-state index in [1.54, 1.807) is 6.07 Å². The Morgan fingerprint density at radius 3 is 2.65 bits per heavy atom. The van der Waals surface area contributed by atoms with Crippen molar-refractivity contribution >= 4 is 5.69 Å². The van der Waals surface area contributed by atoms with Gasteiger partial charge >= 0.3 is 0 Å². The van der Waals surface area contributed by atoms with Crippen LogP contribution in [0.4, 0.5) is 5.69 Å². The first-order chi connectivity index (χ1) is 8.15. The van der Waals surface area contributed by atoms with Crippen molar-refractivity contribution in [3.63, 3.8) is 0 Å². The van der Waals surface area contributed by atoms with E-state index in [4.69, 9.17) is 0 Å². The van der Waals surface area contributed by atoms with Crippen molar-refractivity contribution in [2.24, 2.45) is 0 Å². The van der Waals surface area contributed by atoms with E-state index in [2.05, 4.69) is 10.3 Å². The van der Waals surface area contributed by atoms with Crippen molar-refractivity contribution in [2.45, 2.75) is 20.4 Å². The highest BCUT2D eigenvalue weighted by molar-refractivity contribution is 5.51. The van der Waals surface area contributed by atoms with Crippen molar-refractivity contribution in [3.05, 3.63) is 53.3 Å². The monoisotopic (exact) mass is 228 g/mol. The lowest BCUT2D eigenvalue weighted by Gasteiger charge is -2.07. The van der Waals surface area contributed by atoms with Crippen LogP contribution in [0.5, 0.6) is 5.75 Å². The average molecular weight is 228 g/mol. The molecule has 0 aliphatic rings. The molecule has 0 spiro atoms. The summed E-state index contributed by atoms with van der Waals surface area (Å²) in [5.74, 6) is 0.312. The molecule has 0 amide bonds. The summed E-state index contributed by atoms with van der Waals surface area (Å²) in [6.45, 7) is 4.55. The van der Waals surface area contributed by atoms with Gasteiger partial charge in [-0.3, -0.25) is 4.98 Å². The molecule has 1 aromatic carbocycles. The minimum Gasteiger partial charge on any atom is -0.508 e. The first-order valence-electron chi connectivity index (χ1n) is 5.60. The predicted molar refractivity (Wildman–Crippen MR) is 69.1 cm³/mol. The van der Waals surface area contributed by atoms with E-state index >= 15 is 0 Å². The van der Waals surface area contributed by atoms with Crippen molar-refractivity contribution in [2.75, 3.05) is 5.32 Å². The first kappa shape index (κ1) is 11.5. The van der Waals surface area contributed by atoms with Gasteiger partial charge < -0.3 is 10.4 Å². The van der Waals surface area contributed by atoms with Gasteiger partial charge in [0.05, 0.1) is 12.2 Å². The maximum Gasteiger partial charge on any atom is 0.120 e. The summed E-state index contributed by atoms with van der Waals surface area (Å²) in [5.41, 5.74) is 3.91. The molecule has 0 bridgehead atoms. The van der Waals surface area contributed by atoms with Crippen LogP contribution in [-0.2, 0) is 6.54 Å². The summed E-state index contributed by atoms with van der Waals surface area (Å²) in [5, 5.41) is 12.8. The van der Waals surface area contributed by atoms with E-state index in [-0.39, 0.29) is 0 Å². The van der Waals surface area contributed by atoms with Crippen molar-refractivity contribution in [1.82, 2.24) is 4.98 Å². The fraction of sp³-hybridized carbons (Fsp3) is 0.214. The molecule has 0 aliphatic heterocycles. The van der Waals surface area contributed by atoms with Gasteiger partial charge in [0.1, 0.15) is 5.75 Å². The number of aryl methyl sites for hydroxylation is 2. The number of anilines is 1. The molecule has 0 aliphatic carbocycles. The van der Waals surface area contributed by atoms with E-state index in [0.29, 0.717) is 12.3 Å². The Morgan fingerprint density at radius 2 is 2.00 bits per heavy atom. The fourth-order valence-corrected chi connectivity index (χ4v) is 1.51. The number of pyridine rings is 1. The molecule has 0 saturated carbocycles. The number of aromatic nitrogens is 1. The third kappa shape index (κ3) is 2.97. The Balaban J connectivity index is 2.02. The maximum absolute atomic E-state index is 9.58. The highest BCUT2D eigenvalue weighted by Crippen LogP contribution is 2.21. The molecule has 0 unspecified atom stereocenters. The maximum atomic E-state index is 9.58. The van der Waals surface area contributed by atoms with Gasteiger partial charge in [-0.2, -0.15) is 0 Å². The smallest absolute Gasteiger partial charge is 0.120 e. The second-order valence-corrected chi connectivity index (χ2v) is 4.18. The predicted octanol–water partition coefficient (Wildman–Crippen LogP) is 3.02. The van der Waals surface area contributed by atoms with Gasteiger partial charge in [0, 0.05) is 18.0 Å². The van der Waals surface area contributed by atoms with Crippen LogP contribution < -0.4 is 5.32 Å². The topological polar surface area (TPSA) is 45.1 Å². The number of hydrogen-bond acceptors (Lipinski definition) is 3. The highest BCUT2D eigenvalue weighted by atomic mass is 16.3. The number of rotatable bonds is 3. The minimum atomic E-state index is 0.312. The van der Waals surface area contributed by atoms with E-state index in [1.165, 1.54) is 0 Å². The quantitative estimate of drug-likeness (QED) is 0.848. The highest BCUT2D eigenvalue weighted by Gasteiger charge is 1.99. The van der Waals surface area contributed by atoms with Gasteiger partial charge in [-0.25, -0.2) is 0 Å². The largest absolute Gasteiger partial charge is 0.508 e. The number of aromatic hydroxyl groups is 1. The molecular formula is C14H16N2O. The number of nitrogens with one attached hydrogen (secondary N) is 1. The number of hydrogen-bond donors (Lipinski definition) is 2.